The lowest BCUT2D eigenvalue weighted by atomic mass is 10.8. The normalized spacial score (nSPS) is 7.40. The quantitative estimate of drug-likeness (QED) is 0.318. The minimum absolute atomic E-state index is 0.852. The monoisotopic (exact) mass is 148 g/mol. The summed E-state index contributed by atoms with van der Waals surface area (Å²) in [5, 5.41) is 0. The smallest absolute Gasteiger partial charge is 0.131 e. The van der Waals surface area contributed by atoms with E-state index < -0.39 is 0 Å². The van der Waals surface area contributed by atoms with Gasteiger partial charge in [0.25, 0.3) is 0 Å². The summed E-state index contributed by atoms with van der Waals surface area (Å²) >= 11 is 3.27. The predicted molar refractivity (Wildman–Crippen MR) is 29.7 cm³/mol. The molecular formula is C3H5BrSi. The second-order valence-electron chi connectivity index (χ2n) is 0.626. The summed E-state index contributed by atoms with van der Waals surface area (Å²) in [6.07, 6.45) is 1.90. The van der Waals surface area contributed by atoms with Gasteiger partial charge in [0.15, 0.2) is 0 Å². The summed E-state index contributed by atoms with van der Waals surface area (Å²) in [5.74, 6) is 0. The molecule has 0 spiro atoms. The zero-order chi connectivity index (χ0) is 4.12. The van der Waals surface area contributed by atoms with Crippen LogP contribution < -0.4 is 0 Å². The van der Waals surface area contributed by atoms with Crippen molar-refractivity contribution in [3.8, 4) is 0 Å². The van der Waals surface area contributed by atoms with Crippen molar-refractivity contribution in [2.45, 2.75) is 6.04 Å². The van der Waals surface area contributed by atoms with Crippen molar-refractivity contribution in [1.29, 1.82) is 0 Å². The third-order valence-corrected chi connectivity index (χ3v) is 1.64. The zero-order valence-corrected chi connectivity index (χ0v) is 5.46. The van der Waals surface area contributed by atoms with Gasteiger partial charge in [-0.15, -0.1) is 21.9 Å². The Bertz CT molecular complexity index is 28.1. The Kier molecular flexibility index (Phi) is 4.82. The first-order valence-corrected chi connectivity index (χ1v) is 4.82. The van der Waals surface area contributed by atoms with E-state index in [2.05, 4.69) is 21.9 Å². The molecule has 0 atom stereocenters. The van der Waals surface area contributed by atoms with E-state index in [4.69, 9.17) is 0 Å². The van der Waals surface area contributed by atoms with E-state index in [0.29, 0.717) is 0 Å². The second-order valence-corrected chi connectivity index (χ2v) is 2.98. The maximum atomic E-state index is 3.53. The van der Waals surface area contributed by atoms with Gasteiger partial charge in [0.05, 0.1) is 0 Å². The van der Waals surface area contributed by atoms with Crippen LogP contribution in [0.4, 0.5) is 0 Å². The van der Waals surface area contributed by atoms with Crippen LogP contribution in [0.5, 0.6) is 0 Å². The van der Waals surface area contributed by atoms with Crippen molar-refractivity contribution in [3.63, 3.8) is 0 Å². The fourth-order valence-electron chi connectivity index (χ4n) is 0.0546. The van der Waals surface area contributed by atoms with Gasteiger partial charge in [-0.3, -0.25) is 0 Å². The largest absolute Gasteiger partial charge is 0.141 e. The van der Waals surface area contributed by atoms with Gasteiger partial charge in [-0.25, -0.2) is 0 Å². The zero-order valence-electron chi connectivity index (χ0n) is 2.87. The molecular weight excluding hydrogens is 144 g/mol. The minimum atomic E-state index is 0.852. The topological polar surface area (TPSA) is 0 Å². The maximum Gasteiger partial charge on any atom is 0.141 e. The van der Waals surface area contributed by atoms with E-state index in [0.717, 1.165) is 14.2 Å². The third kappa shape index (κ3) is 4.44. The third-order valence-electron chi connectivity index (χ3n) is 0.221. The number of allylic oxidation sites excluding steroid dienone is 1. The van der Waals surface area contributed by atoms with Gasteiger partial charge >= 0.3 is 0 Å². The molecule has 5 heavy (non-hydrogen) atoms. The number of hydrogen-bond acceptors (Lipinski definition) is 0. The van der Waals surface area contributed by atoms with E-state index in [1.165, 1.54) is 0 Å². The molecule has 2 heteroatoms. The lowest BCUT2D eigenvalue weighted by Crippen LogP contribution is -1.63. The van der Waals surface area contributed by atoms with Gasteiger partial charge < -0.3 is 0 Å². The van der Waals surface area contributed by atoms with Crippen LogP contribution in [0.25, 0.3) is 0 Å². The van der Waals surface area contributed by atoms with Crippen molar-refractivity contribution in [1.82, 2.24) is 0 Å². The maximum absolute atomic E-state index is 3.53. The molecule has 0 saturated carbocycles. The molecule has 2 radical (unpaired) electrons. The van der Waals surface area contributed by atoms with Crippen LogP contribution in [0.2, 0.25) is 6.04 Å². The highest BCUT2D eigenvalue weighted by Crippen LogP contribution is 1.82. The average Bonchev–Trinajstić information content (AvgIpc) is 1.41. The Morgan fingerprint density at radius 3 is 2.60 bits per heavy atom. The van der Waals surface area contributed by atoms with E-state index in [9.17, 15) is 0 Å². The van der Waals surface area contributed by atoms with Crippen LogP contribution in [0.3, 0.4) is 0 Å². The van der Waals surface area contributed by atoms with Gasteiger partial charge in [0.1, 0.15) is 8.14 Å². The molecule has 0 aliphatic heterocycles. The van der Waals surface area contributed by atoms with Crippen LogP contribution in [0, 0.1) is 0 Å². The predicted octanol–water partition coefficient (Wildman–Crippen LogP) is 1.60. The Balaban J connectivity index is 2.40. The molecule has 0 saturated heterocycles. The molecule has 0 aromatic carbocycles. The Morgan fingerprint density at radius 2 is 2.60 bits per heavy atom. The van der Waals surface area contributed by atoms with Crippen LogP contribution in [0.15, 0.2) is 12.7 Å². The molecule has 28 valence electrons. The Labute approximate surface area is 42.7 Å². The molecule has 0 heterocycles. The van der Waals surface area contributed by atoms with Crippen molar-refractivity contribution >= 4 is 23.4 Å². The van der Waals surface area contributed by atoms with Gasteiger partial charge in [-0.2, -0.15) is 0 Å². The highest BCUT2D eigenvalue weighted by Gasteiger charge is 1.67. The fourth-order valence-corrected chi connectivity index (χ4v) is 0.850. The van der Waals surface area contributed by atoms with Crippen LogP contribution in [-0.2, 0) is 0 Å². The molecule has 0 unspecified atom stereocenters. The van der Waals surface area contributed by atoms with Gasteiger partial charge in [-0.05, 0) is 6.04 Å². The van der Waals surface area contributed by atoms with Gasteiger partial charge in [0, 0.05) is 0 Å². The van der Waals surface area contributed by atoms with Crippen LogP contribution >= 0.6 is 15.3 Å². The highest BCUT2D eigenvalue weighted by molar-refractivity contribution is 9.23. The molecule has 0 fully saturated rings. The van der Waals surface area contributed by atoms with Crippen LogP contribution in [0.1, 0.15) is 0 Å². The van der Waals surface area contributed by atoms with Crippen molar-refractivity contribution in [3.05, 3.63) is 12.7 Å². The van der Waals surface area contributed by atoms with E-state index in [1.807, 2.05) is 6.08 Å². The molecule has 0 aliphatic rings. The SMILES string of the molecule is C=CC[Si]Br. The van der Waals surface area contributed by atoms with Gasteiger partial charge in [0.2, 0.25) is 0 Å². The molecule has 0 nitrogen and oxygen atoms in total. The fraction of sp³-hybridized carbons (Fsp3) is 0.333. The molecule has 0 bridgehead atoms. The van der Waals surface area contributed by atoms with E-state index in [-0.39, 0.29) is 0 Å². The molecule has 0 aromatic heterocycles. The lowest BCUT2D eigenvalue weighted by molar-refractivity contribution is 1.76. The summed E-state index contributed by atoms with van der Waals surface area (Å²) in [7, 11) is 0.852. The summed E-state index contributed by atoms with van der Waals surface area (Å²) in [4.78, 5) is 0. The van der Waals surface area contributed by atoms with Crippen molar-refractivity contribution in [2.24, 2.45) is 0 Å². The number of halogens is 1. The average molecular weight is 149 g/mol. The van der Waals surface area contributed by atoms with Crippen LogP contribution in [-0.4, -0.2) is 8.14 Å². The molecule has 0 aromatic rings. The second kappa shape index (κ2) is 4.44. The summed E-state index contributed by atoms with van der Waals surface area (Å²) in [6.45, 7) is 3.53. The molecule has 0 amide bonds. The minimum Gasteiger partial charge on any atom is -0.131 e. The summed E-state index contributed by atoms with van der Waals surface area (Å²) < 4.78 is 0. The first-order valence-electron chi connectivity index (χ1n) is 1.36. The number of rotatable bonds is 2. The molecule has 0 rings (SSSR count). The summed E-state index contributed by atoms with van der Waals surface area (Å²) in [6, 6.07) is 1.10. The Hall–Kier alpha value is 0.437. The van der Waals surface area contributed by atoms with Crippen molar-refractivity contribution < 1.29 is 0 Å². The first kappa shape index (κ1) is 5.44. The first-order chi connectivity index (χ1) is 2.41. The standard InChI is InChI=1S/C3H5BrSi/c1-2-3-5-4/h2H,1,3H2. The van der Waals surface area contributed by atoms with Crippen molar-refractivity contribution in [2.75, 3.05) is 0 Å². The van der Waals surface area contributed by atoms with E-state index in [1.54, 1.807) is 0 Å². The Morgan fingerprint density at radius 1 is 2.00 bits per heavy atom. The summed E-state index contributed by atoms with van der Waals surface area (Å²) in [5.41, 5.74) is 0. The lowest BCUT2D eigenvalue weighted by Gasteiger charge is -1.68. The van der Waals surface area contributed by atoms with E-state index >= 15 is 0 Å². The molecule has 0 N–H and O–H groups in total. The van der Waals surface area contributed by atoms with Gasteiger partial charge in [-0.1, -0.05) is 6.08 Å². The highest BCUT2D eigenvalue weighted by atomic mass is 79.9. The molecule has 0 aliphatic carbocycles. The number of hydrogen-bond donors (Lipinski definition) is 0.